The molecule has 2 heterocycles. The van der Waals surface area contributed by atoms with Crippen LogP contribution >= 0.6 is 11.6 Å². The Labute approximate surface area is 117 Å². The maximum Gasteiger partial charge on any atom is 0.255 e. The van der Waals surface area contributed by atoms with Crippen LogP contribution in [0.25, 0.3) is 0 Å². The smallest absolute Gasteiger partial charge is 0.255 e. The number of hydrogen-bond acceptors (Lipinski definition) is 4. The van der Waals surface area contributed by atoms with Gasteiger partial charge < -0.3 is 15.3 Å². The summed E-state index contributed by atoms with van der Waals surface area (Å²) >= 11 is 5.99. The van der Waals surface area contributed by atoms with Gasteiger partial charge in [-0.15, -0.1) is 0 Å². The summed E-state index contributed by atoms with van der Waals surface area (Å²) in [4.78, 5) is 17.9. The van der Waals surface area contributed by atoms with Crippen molar-refractivity contribution in [2.45, 2.75) is 18.9 Å². The monoisotopic (exact) mass is 283 g/mol. The highest BCUT2D eigenvalue weighted by Gasteiger charge is 2.23. The van der Waals surface area contributed by atoms with Gasteiger partial charge in [-0.25, -0.2) is 0 Å². The quantitative estimate of drug-likeness (QED) is 0.843. The summed E-state index contributed by atoms with van der Waals surface area (Å²) in [5.41, 5.74) is 0.433. The van der Waals surface area contributed by atoms with Crippen molar-refractivity contribution in [2.24, 2.45) is 0 Å². The van der Waals surface area contributed by atoms with Crippen molar-refractivity contribution in [3.8, 4) is 0 Å². The van der Waals surface area contributed by atoms with Crippen molar-refractivity contribution in [3.63, 3.8) is 0 Å². The first-order valence-electron chi connectivity index (χ1n) is 6.45. The second-order valence-corrected chi connectivity index (χ2v) is 5.03. The molecule has 1 atom stereocenters. The standard InChI is InChI=1S/C13H18ClN3O2/c14-12-8-15-5-3-11(12)13(19)17(6-7-18)9-10-2-1-4-16-10/h3,5,8,10,16,18H,1-2,4,6-7,9H2. The van der Waals surface area contributed by atoms with Gasteiger partial charge in [0.1, 0.15) is 0 Å². The zero-order valence-corrected chi connectivity index (χ0v) is 11.4. The summed E-state index contributed by atoms with van der Waals surface area (Å²) in [6.45, 7) is 1.84. The number of aliphatic hydroxyl groups excluding tert-OH is 1. The third-order valence-corrected chi connectivity index (χ3v) is 3.56. The average molecular weight is 284 g/mol. The number of halogens is 1. The van der Waals surface area contributed by atoms with Gasteiger partial charge in [-0.1, -0.05) is 11.6 Å². The van der Waals surface area contributed by atoms with E-state index in [2.05, 4.69) is 10.3 Å². The largest absolute Gasteiger partial charge is 0.395 e. The summed E-state index contributed by atoms with van der Waals surface area (Å²) < 4.78 is 0. The fraction of sp³-hybridized carbons (Fsp3) is 0.538. The minimum atomic E-state index is -0.157. The molecule has 104 valence electrons. The lowest BCUT2D eigenvalue weighted by atomic mass is 10.2. The Morgan fingerprint density at radius 2 is 2.47 bits per heavy atom. The molecule has 0 bridgehead atoms. The van der Waals surface area contributed by atoms with E-state index in [4.69, 9.17) is 16.7 Å². The molecule has 1 aromatic rings. The molecule has 1 amide bonds. The molecule has 0 saturated carbocycles. The third-order valence-electron chi connectivity index (χ3n) is 3.26. The van der Waals surface area contributed by atoms with Crippen LogP contribution in [0.2, 0.25) is 5.02 Å². The molecule has 1 saturated heterocycles. The number of nitrogens with zero attached hydrogens (tertiary/aromatic N) is 2. The van der Waals surface area contributed by atoms with Crippen LogP contribution in [0, 0.1) is 0 Å². The molecule has 5 nitrogen and oxygen atoms in total. The SMILES string of the molecule is O=C(c1ccncc1Cl)N(CCO)CC1CCCN1. The molecule has 0 radical (unpaired) electrons. The first-order valence-corrected chi connectivity index (χ1v) is 6.83. The molecular formula is C13H18ClN3O2. The number of aromatic nitrogens is 1. The Morgan fingerprint density at radius 3 is 3.11 bits per heavy atom. The molecule has 1 aromatic heterocycles. The molecule has 2 N–H and O–H groups in total. The van der Waals surface area contributed by atoms with Gasteiger partial charge in [-0.05, 0) is 25.5 Å². The first-order chi connectivity index (χ1) is 9.22. The van der Waals surface area contributed by atoms with E-state index in [9.17, 15) is 4.79 Å². The van der Waals surface area contributed by atoms with Crippen molar-refractivity contribution in [2.75, 3.05) is 26.2 Å². The minimum absolute atomic E-state index is 0.0544. The Bertz CT molecular complexity index is 436. The molecule has 19 heavy (non-hydrogen) atoms. The number of nitrogens with one attached hydrogen (secondary N) is 1. The first kappa shape index (κ1) is 14.2. The molecule has 1 aliphatic rings. The molecular weight excluding hydrogens is 266 g/mol. The topological polar surface area (TPSA) is 65.5 Å². The van der Waals surface area contributed by atoms with E-state index in [0.717, 1.165) is 19.4 Å². The highest BCUT2D eigenvalue weighted by atomic mass is 35.5. The van der Waals surface area contributed by atoms with Crippen molar-refractivity contribution < 1.29 is 9.90 Å². The van der Waals surface area contributed by atoms with Crippen LogP contribution < -0.4 is 5.32 Å². The van der Waals surface area contributed by atoms with Gasteiger partial charge in [0, 0.05) is 31.5 Å². The fourth-order valence-corrected chi connectivity index (χ4v) is 2.49. The Hall–Kier alpha value is -1.17. The predicted molar refractivity (Wildman–Crippen MR) is 73.3 cm³/mol. The second kappa shape index (κ2) is 6.84. The van der Waals surface area contributed by atoms with Crippen LogP contribution in [0.1, 0.15) is 23.2 Å². The van der Waals surface area contributed by atoms with Crippen LogP contribution in [0.4, 0.5) is 0 Å². The van der Waals surface area contributed by atoms with Crippen molar-refractivity contribution in [1.82, 2.24) is 15.2 Å². The minimum Gasteiger partial charge on any atom is -0.395 e. The zero-order valence-electron chi connectivity index (χ0n) is 10.7. The van der Waals surface area contributed by atoms with Gasteiger partial charge in [0.05, 0.1) is 17.2 Å². The molecule has 0 spiro atoms. The van der Waals surface area contributed by atoms with Gasteiger partial charge in [0.15, 0.2) is 0 Å². The number of carbonyl (C=O) groups is 1. The van der Waals surface area contributed by atoms with Crippen LogP contribution in [-0.2, 0) is 0 Å². The van der Waals surface area contributed by atoms with E-state index in [-0.39, 0.29) is 12.5 Å². The van der Waals surface area contributed by atoms with E-state index in [1.807, 2.05) is 0 Å². The summed E-state index contributed by atoms with van der Waals surface area (Å²) in [5.74, 6) is -0.157. The predicted octanol–water partition coefficient (Wildman–Crippen LogP) is 0.921. The normalized spacial score (nSPS) is 18.5. The van der Waals surface area contributed by atoms with Gasteiger partial charge in [-0.2, -0.15) is 0 Å². The van der Waals surface area contributed by atoms with Crippen molar-refractivity contribution >= 4 is 17.5 Å². The lowest BCUT2D eigenvalue weighted by molar-refractivity contribution is 0.0706. The Kier molecular flexibility index (Phi) is 5.13. The number of rotatable bonds is 5. The number of hydrogen-bond donors (Lipinski definition) is 2. The highest BCUT2D eigenvalue weighted by Crippen LogP contribution is 2.17. The van der Waals surface area contributed by atoms with Crippen LogP contribution in [-0.4, -0.2) is 53.2 Å². The van der Waals surface area contributed by atoms with Gasteiger partial charge in [0.2, 0.25) is 0 Å². The van der Waals surface area contributed by atoms with Crippen molar-refractivity contribution in [1.29, 1.82) is 0 Å². The maximum atomic E-state index is 12.4. The van der Waals surface area contributed by atoms with E-state index >= 15 is 0 Å². The van der Waals surface area contributed by atoms with E-state index < -0.39 is 0 Å². The summed E-state index contributed by atoms with van der Waals surface area (Å²) in [5, 5.41) is 12.8. The Morgan fingerprint density at radius 1 is 1.63 bits per heavy atom. The lowest BCUT2D eigenvalue weighted by Crippen LogP contribution is -2.42. The molecule has 1 fully saturated rings. The van der Waals surface area contributed by atoms with E-state index in [1.165, 1.54) is 6.20 Å². The van der Waals surface area contributed by atoms with E-state index in [0.29, 0.717) is 29.7 Å². The number of carbonyl (C=O) groups excluding carboxylic acids is 1. The zero-order chi connectivity index (χ0) is 13.7. The molecule has 0 aromatic carbocycles. The molecule has 0 aliphatic carbocycles. The van der Waals surface area contributed by atoms with Crippen LogP contribution in [0.5, 0.6) is 0 Å². The van der Waals surface area contributed by atoms with Gasteiger partial charge in [0.25, 0.3) is 5.91 Å². The second-order valence-electron chi connectivity index (χ2n) is 4.62. The van der Waals surface area contributed by atoms with Crippen molar-refractivity contribution in [3.05, 3.63) is 29.0 Å². The van der Waals surface area contributed by atoms with Crippen LogP contribution in [0.15, 0.2) is 18.5 Å². The molecule has 6 heteroatoms. The molecule has 1 unspecified atom stereocenters. The summed E-state index contributed by atoms with van der Waals surface area (Å²) in [7, 11) is 0. The van der Waals surface area contributed by atoms with Gasteiger partial charge in [-0.3, -0.25) is 9.78 Å². The highest BCUT2D eigenvalue weighted by molar-refractivity contribution is 6.33. The maximum absolute atomic E-state index is 12.4. The number of amides is 1. The summed E-state index contributed by atoms with van der Waals surface area (Å²) in [6.07, 6.45) is 5.19. The number of aliphatic hydroxyl groups is 1. The van der Waals surface area contributed by atoms with E-state index in [1.54, 1.807) is 17.2 Å². The third kappa shape index (κ3) is 3.65. The van der Waals surface area contributed by atoms with Crippen LogP contribution in [0.3, 0.4) is 0 Å². The lowest BCUT2D eigenvalue weighted by Gasteiger charge is -2.25. The average Bonchev–Trinajstić information content (AvgIpc) is 2.91. The fourth-order valence-electron chi connectivity index (χ4n) is 2.29. The summed E-state index contributed by atoms with van der Waals surface area (Å²) in [6, 6.07) is 1.91. The number of pyridine rings is 1. The Balaban J connectivity index is 2.09. The van der Waals surface area contributed by atoms with Gasteiger partial charge >= 0.3 is 0 Å². The molecule has 2 rings (SSSR count). The molecule has 1 aliphatic heterocycles.